The molecule has 0 atom stereocenters. The second kappa shape index (κ2) is 7.79. The third-order valence-corrected chi connectivity index (χ3v) is 4.47. The first-order chi connectivity index (χ1) is 12.9. The molecule has 1 aromatic heterocycles. The summed E-state index contributed by atoms with van der Waals surface area (Å²) in [7, 11) is 1.34. The standard InChI is InChI=1S/C19H22FN3O4/c1-12(2)11-22-6-8-23(9-7-22)18-16(19(24)25)17(27-21-18)13-4-5-14(20)15(10-13)26-3/h4-5,10H,1,6-9,11H2,2-3H3,(H,24,25). The van der Waals surface area contributed by atoms with Crippen molar-refractivity contribution in [1.29, 1.82) is 0 Å². The van der Waals surface area contributed by atoms with Gasteiger partial charge in [0.2, 0.25) is 0 Å². The van der Waals surface area contributed by atoms with Gasteiger partial charge in [-0.15, -0.1) is 0 Å². The molecule has 1 aliphatic heterocycles. The molecule has 0 saturated carbocycles. The SMILES string of the molecule is C=C(C)CN1CCN(c2noc(-c3ccc(F)c(OC)c3)c2C(=O)O)CC1. The molecule has 1 fully saturated rings. The fraction of sp³-hybridized carbons (Fsp3) is 0.368. The summed E-state index contributed by atoms with van der Waals surface area (Å²) in [6, 6.07) is 4.05. The third-order valence-electron chi connectivity index (χ3n) is 4.47. The van der Waals surface area contributed by atoms with Crippen molar-refractivity contribution in [3.8, 4) is 17.1 Å². The molecule has 1 aromatic carbocycles. The van der Waals surface area contributed by atoms with Crippen molar-refractivity contribution >= 4 is 11.8 Å². The number of aromatic carboxylic acids is 1. The topological polar surface area (TPSA) is 79.0 Å². The van der Waals surface area contributed by atoms with Gasteiger partial charge < -0.3 is 19.3 Å². The van der Waals surface area contributed by atoms with Crippen LogP contribution in [0.5, 0.6) is 5.75 Å². The number of carboxylic acids is 1. The van der Waals surface area contributed by atoms with E-state index in [4.69, 9.17) is 9.26 Å². The smallest absolute Gasteiger partial charge is 0.343 e. The van der Waals surface area contributed by atoms with Crippen LogP contribution < -0.4 is 9.64 Å². The molecule has 0 radical (unpaired) electrons. The van der Waals surface area contributed by atoms with Crippen LogP contribution in [0.3, 0.4) is 0 Å². The molecule has 27 heavy (non-hydrogen) atoms. The molecule has 3 rings (SSSR count). The molecule has 7 nitrogen and oxygen atoms in total. The number of carboxylic acid groups (broad SMARTS) is 1. The maximum absolute atomic E-state index is 13.7. The second-order valence-corrected chi connectivity index (χ2v) is 6.59. The molecule has 8 heteroatoms. The molecular formula is C19H22FN3O4. The van der Waals surface area contributed by atoms with E-state index in [1.54, 1.807) is 0 Å². The maximum Gasteiger partial charge on any atom is 0.343 e. The van der Waals surface area contributed by atoms with E-state index in [2.05, 4.69) is 16.6 Å². The fourth-order valence-electron chi connectivity index (χ4n) is 3.19. The monoisotopic (exact) mass is 375 g/mol. The minimum atomic E-state index is -1.14. The lowest BCUT2D eigenvalue weighted by Crippen LogP contribution is -2.47. The summed E-state index contributed by atoms with van der Waals surface area (Å²) in [6.07, 6.45) is 0. The number of piperazine rings is 1. The van der Waals surface area contributed by atoms with Gasteiger partial charge in [-0.1, -0.05) is 17.3 Å². The fourth-order valence-corrected chi connectivity index (χ4v) is 3.19. The first kappa shape index (κ1) is 18.9. The molecule has 0 bridgehead atoms. The predicted molar refractivity (Wildman–Crippen MR) is 98.9 cm³/mol. The Morgan fingerprint density at radius 1 is 1.37 bits per heavy atom. The van der Waals surface area contributed by atoms with Gasteiger partial charge in [0, 0.05) is 38.3 Å². The summed E-state index contributed by atoms with van der Waals surface area (Å²) in [5, 5.41) is 13.7. The Hall–Kier alpha value is -2.87. The Morgan fingerprint density at radius 3 is 2.67 bits per heavy atom. The molecule has 0 aliphatic carbocycles. The van der Waals surface area contributed by atoms with E-state index in [0.717, 1.165) is 25.2 Å². The first-order valence-electron chi connectivity index (χ1n) is 8.59. The number of hydrogen-bond acceptors (Lipinski definition) is 6. The summed E-state index contributed by atoms with van der Waals surface area (Å²) in [6.45, 7) is 9.54. The van der Waals surface area contributed by atoms with Crippen molar-refractivity contribution < 1.29 is 23.6 Å². The molecule has 1 aliphatic rings. The number of rotatable bonds is 6. The summed E-state index contributed by atoms with van der Waals surface area (Å²) >= 11 is 0. The van der Waals surface area contributed by atoms with Gasteiger partial charge in [-0.2, -0.15) is 0 Å². The lowest BCUT2D eigenvalue weighted by Gasteiger charge is -2.34. The number of aromatic nitrogens is 1. The van der Waals surface area contributed by atoms with Gasteiger partial charge in [0.1, 0.15) is 0 Å². The van der Waals surface area contributed by atoms with Gasteiger partial charge in [-0.05, 0) is 25.1 Å². The highest BCUT2D eigenvalue weighted by molar-refractivity contribution is 5.99. The molecule has 0 unspecified atom stereocenters. The first-order valence-corrected chi connectivity index (χ1v) is 8.59. The lowest BCUT2D eigenvalue weighted by molar-refractivity contribution is 0.0697. The summed E-state index contributed by atoms with van der Waals surface area (Å²) in [5.74, 6) is -1.30. The van der Waals surface area contributed by atoms with Crippen molar-refractivity contribution in [3.05, 3.63) is 41.7 Å². The number of hydrogen-bond donors (Lipinski definition) is 1. The van der Waals surface area contributed by atoms with E-state index in [-0.39, 0.29) is 22.9 Å². The highest BCUT2D eigenvalue weighted by Crippen LogP contribution is 2.34. The van der Waals surface area contributed by atoms with E-state index >= 15 is 0 Å². The number of ether oxygens (including phenoxy) is 1. The second-order valence-electron chi connectivity index (χ2n) is 6.59. The third kappa shape index (κ3) is 3.95. The number of anilines is 1. The highest BCUT2D eigenvalue weighted by Gasteiger charge is 2.29. The van der Waals surface area contributed by atoms with Crippen LogP contribution >= 0.6 is 0 Å². The molecule has 2 aromatic rings. The van der Waals surface area contributed by atoms with Crippen LogP contribution in [0.2, 0.25) is 0 Å². The zero-order chi connectivity index (χ0) is 19.6. The van der Waals surface area contributed by atoms with Gasteiger partial charge in [0.25, 0.3) is 0 Å². The van der Waals surface area contributed by atoms with Crippen molar-refractivity contribution in [3.63, 3.8) is 0 Å². The van der Waals surface area contributed by atoms with Crippen LogP contribution in [-0.4, -0.2) is 61.0 Å². The van der Waals surface area contributed by atoms with Crippen LogP contribution in [0.15, 0.2) is 34.9 Å². The van der Waals surface area contributed by atoms with E-state index < -0.39 is 11.8 Å². The molecule has 144 valence electrons. The van der Waals surface area contributed by atoms with Crippen LogP contribution in [0.1, 0.15) is 17.3 Å². The average Bonchev–Trinajstić information content (AvgIpc) is 3.07. The van der Waals surface area contributed by atoms with Gasteiger partial charge in [0.05, 0.1) is 7.11 Å². The Bertz CT molecular complexity index is 857. The van der Waals surface area contributed by atoms with Crippen LogP contribution in [0.4, 0.5) is 10.2 Å². The Labute approximate surface area is 156 Å². The largest absolute Gasteiger partial charge is 0.494 e. The van der Waals surface area contributed by atoms with E-state index in [0.29, 0.717) is 18.7 Å². The molecule has 1 saturated heterocycles. The number of methoxy groups -OCH3 is 1. The van der Waals surface area contributed by atoms with Crippen molar-refractivity contribution in [1.82, 2.24) is 10.1 Å². The highest BCUT2D eigenvalue weighted by atomic mass is 19.1. The minimum absolute atomic E-state index is 0.00944. The predicted octanol–water partition coefficient (Wildman–Crippen LogP) is 2.89. The van der Waals surface area contributed by atoms with Crippen molar-refractivity contribution in [2.24, 2.45) is 0 Å². The van der Waals surface area contributed by atoms with Crippen molar-refractivity contribution in [2.75, 3.05) is 44.7 Å². The lowest BCUT2D eigenvalue weighted by atomic mass is 10.1. The molecule has 0 amide bonds. The van der Waals surface area contributed by atoms with Gasteiger partial charge in [-0.3, -0.25) is 4.90 Å². The zero-order valence-corrected chi connectivity index (χ0v) is 15.4. The number of nitrogens with zero attached hydrogens (tertiary/aromatic N) is 3. The quantitative estimate of drug-likeness (QED) is 0.778. The van der Waals surface area contributed by atoms with Gasteiger partial charge in [0.15, 0.2) is 28.7 Å². The molecule has 1 N–H and O–H groups in total. The van der Waals surface area contributed by atoms with Gasteiger partial charge in [-0.25, -0.2) is 9.18 Å². The van der Waals surface area contributed by atoms with E-state index in [9.17, 15) is 14.3 Å². The zero-order valence-electron chi connectivity index (χ0n) is 15.4. The normalized spacial score (nSPS) is 15.0. The molecular weight excluding hydrogens is 353 g/mol. The molecule has 2 heterocycles. The summed E-state index contributed by atoms with van der Waals surface area (Å²) in [5.41, 5.74) is 1.45. The number of halogens is 1. The minimum Gasteiger partial charge on any atom is -0.494 e. The Balaban J connectivity index is 1.89. The number of benzene rings is 1. The average molecular weight is 375 g/mol. The summed E-state index contributed by atoms with van der Waals surface area (Å²) in [4.78, 5) is 16.0. The van der Waals surface area contributed by atoms with Gasteiger partial charge >= 0.3 is 5.97 Å². The van der Waals surface area contributed by atoms with Crippen LogP contribution in [0.25, 0.3) is 11.3 Å². The Kier molecular flexibility index (Phi) is 5.46. The van der Waals surface area contributed by atoms with Crippen LogP contribution in [-0.2, 0) is 0 Å². The van der Waals surface area contributed by atoms with Crippen LogP contribution in [0, 0.1) is 5.82 Å². The van der Waals surface area contributed by atoms with E-state index in [1.165, 1.54) is 25.3 Å². The number of carbonyl (C=O) groups is 1. The van der Waals surface area contributed by atoms with E-state index in [1.807, 2.05) is 11.8 Å². The Morgan fingerprint density at radius 2 is 2.07 bits per heavy atom. The maximum atomic E-state index is 13.7. The molecule has 0 spiro atoms. The van der Waals surface area contributed by atoms with Crippen molar-refractivity contribution in [2.45, 2.75) is 6.92 Å². The summed E-state index contributed by atoms with van der Waals surface area (Å²) < 4.78 is 24.0.